The molecule has 4 aromatic rings. The highest BCUT2D eigenvalue weighted by atomic mass is 16.6. The van der Waals surface area contributed by atoms with Crippen molar-refractivity contribution in [2.24, 2.45) is 0 Å². The first-order valence-electron chi connectivity index (χ1n) is 20.4. The quantitative estimate of drug-likeness (QED) is 0.0551. The van der Waals surface area contributed by atoms with Gasteiger partial charge in [-0.15, -0.1) is 0 Å². The third-order valence-corrected chi connectivity index (χ3v) is 9.95. The third kappa shape index (κ3) is 13.1. The molecule has 1 aliphatic heterocycles. The lowest BCUT2D eigenvalue weighted by Crippen LogP contribution is -2.34. The van der Waals surface area contributed by atoms with E-state index in [4.69, 9.17) is 56.8 Å². The zero-order valence-electron chi connectivity index (χ0n) is 37.8. The monoisotopic (exact) mass is 898 g/mol. The van der Waals surface area contributed by atoms with Crippen molar-refractivity contribution in [1.82, 2.24) is 0 Å². The fraction of sp³-hybridized carbons (Fsp3) is 0.347. The number of carbonyl (C=O) groups is 4. The van der Waals surface area contributed by atoms with Crippen LogP contribution in [0.2, 0.25) is 0 Å². The predicted octanol–water partition coefficient (Wildman–Crippen LogP) is 7.79. The molecule has 65 heavy (non-hydrogen) atoms. The van der Waals surface area contributed by atoms with E-state index in [2.05, 4.69) is 0 Å². The van der Waals surface area contributed by atoms with Crippen LogP contribution in [0.25, 0.3) is 12.2 Å². The maximum atomic E-state index is 12.3. The zero-order valence-corrected chi connectivity index (χ0v) is 37.8. The van der Waals surface area contributed by atoms with Crippen molar-refractivity contribution in [3.8, 4) is 46.0 Å². The maximum absolute atomic E-state index is 12.3. The number of esters is 4. The van der Waals surface area contributed by atoms with Crippen LogP contribution < -0.4 is 37.9 Å². The van der Waals surface area contributed by atoms with E-state index < -0.39 is 48.1 Å². The Bertz CT molecular complexity index is 2370. The lowest BCUT2D eigenvalue weighted by molar-refractivity contribution is -0.145. The summed E-state index contributed by atoms with van der Waals surface area (Å²) in [4.78, 5) is 47.0. The van der Waals surface area contributed by atoms with E-state index in [1.54, 1.807) is 78.9 Å². The van der Waals surface area contributed by atoms with Crippen molar-refractivity contribution >= 4 is 36.0 Å². The van der Waals surface area contributed by atoms with Gasteiger partial charge in [-0.2, -0.15) is 0 Å². The molecule has 0 amide bonds. The predicted molar refractivity (Wildman–Crippen MR) is 237 cm³/mol. The number of carbonyl (C=O) groups excluding carboxylic acids is 4. The van der Waals surface area contributed by atoms with E-state index in [9.17, 15) is 19.2 Å². The minimum atomic E-state index is -1.01. The van der Waals surface area contributed by atoms with Crippen LogP contribution in [0.4, 0.5) is 0 Å². The fourth-order valence-electron chi connectivity index (χ4n) is 6.97. The van der Waals surface area contributed by atoms with Gasteiger partial charge < -0.3 is 56.8 Å². The Morgan fingerprint density at radius 2 is 1.09 bits per heavy atom. The molecular weight excluding hydrogens is 845 g/mol. The molecule has 4 atom stereocenters. The van der Waals surface area contributed by atoms with Crippen LogP contribution in [0.5, 0.6) is 46.0 Å². The van der Waals surface area contributed by atoms with Gasteiger partial charge in [0.05, 0.1) is 41.5 Å². The molecule has 0 N–H and O–H groups in total. The second kappa shape index (κ2) is 23.4. The second-order valence-electron chi connectivity index (χ2n) is 14.4. The SMILES string of the molecule is COc1ccc([C@@H](Oc2ccc([C@H]3Oc4c(OC)cc(/C=C/COC(C)=O)cc4[C@@H]3COC(C)=O)cc2OC)[C@@H](COC(C)=O)Oc2ccc(/C=C/COC(C)=O)cc2OC)cc1OC. The van der Waals surface area contributed by atoms with E-state index >= 15 is 0 Å². The average molecular weight is 899 g/mol. The minimum absolute atomic E-state index is 0.0110. The topological polar surface area (TPSA) is 179 Å². The standard InChI is InChI=1S/C49H54O16/c1-29(50)59-20-10-12-33-14-17-40(42(23-33)55-6)63-46(28-62-32(4)53)48(36-15-18-39(54-5)43(26-36)56-7)64-41-19-16-35(25-44(41)57-8)47-38(27-61-31(3)52)37-22-34(13-11-21-60-30(2)51)24-45(58-9)49(37)65-47/h10-19,22-26,38,46-48H,20-21,27-28H2,1-9H3/b12-10+,13-11+/t38-,46+,47+,48+/m0/s1. The highest BCUT2D eigenvalue weighted by Crippen LogP contribution is 2.52. The zero-order chi connectivity index (χ0) is 47.0. The number of rotatable bonds is 22. The van der Waals surface area contributed by atoms with Crippen molar-refractivity contribution in [2.45, 2.75) is 51.9 Å². The van der Waals surface area contributed by atoms with Crippen LogP contribution in [-0.2, 0) is 38.1 Å². The Hall–Kier alpha value is -7.36. The minimum Gasteiger partial charge on any atom is -0.493 e. The Morgan fingerprint density at radius 1 is 0.554 bits per heavy atom. The first-order chi connectivity index (χ1) is 31.3. The molecule has 0 aliphatic carbocycles. The number of methoxy groups -OCH3 is 5. The van der Waals surface area contributed by atoms with Gasteiger partial charge in [-0.1, -0.05) is 30.4 Å². The van der Waals surface area contributed by atoms with Gasteiger partial charge in [-0.25, -0.2) is 0 Å². The summed E-state index contributed by atoms with van der Waals surface area (Å²) >= 11 is 0. The molecule has 4 aromatic carbocycles. The molecule has 0 aromatic heterocycles. The van der Waals surface area contributed by atoms with Crippen LogP contribution in [-0.4, -0.2) is 92.0 Å². The van der Waals surface area contributed by atoms with Gasteiger partial charge in [-0.3, -0.25) is 19.2 Å². The normalized spacial score (nSPS) is 14.9. The summed E-state index contributed by atoms with van der Waals surface area (Å²) in [5, 5.41) is 0. The number of ether oxygens (including phenoxy) is 12. The van der Waals surface area contributed by atoms with E-state index in [0.29, 0.717) is 51.4 Å². The molecule has 0 saturated carbocycles. The lowest BCUT2D eigenvalue weighted by atomic mass is 9.90. The van der Waals surface area contributed by atoms with Gasteiger partial charge in [0.25, 0.3) is 0 Å². The van der Waals surface area contributed by atoms with E-state index in [0.717, 1.165) is 16.7 Å². The first kappa shape index (κ1) is 48.7. The summed E-state index contributed by atoms with van der Waals surface area (Å²) in [6.07, 6.45) is 4.29. The Balaban J connectivity index is 1.55. The van der Waals surface area contributed by atoms with E-state index in [1.165, 1.54) is 63.2 Å². The second-order valence-corrected chi connectivity index (χ2v) is 14.4. The molecule has 0 radical (unpaired) electrons. The molecular formula is C49H54O16. The lowest BCUT2D eigenvalue weighted by Gasteiger charge is -2.30. The van der Waals surface area contributed by atoms with Crippen LogP contribution in [0.3, 0.4) is 0 Å². The Morgan fingerprint density at radius 3 is 1.71 bits per heavy atom. The Labute approximate surface area is 377 Å². The van der Waals surface area contributed by atoms with Gasteiger partial charge in [-0.05, 0) is 77.4 Å². The highest BCUT2D eigenvalue weighted by molar-refractivity contribution is 5.68. The van der Waals surface area contributed by atoms with E-state index in [-0.39, 0.29) is 32.2 Å². The number of hydrogen-bond acceptors (Lipinski definition) is 16. The summed E-state index contributed by atoms with van der Waals surface area (Å²) in [5.41, 5.74) is 3.46. The van der Waals surface area contributed by atoms with Gasteiger partial charge in [0.1, 0.15) is 32.5 Å². The van der Waals surface area contributed by atoms with Gasteiger partial charge in [0, 0.05) is 38.8 Å². The summed E-state index contributed by atoms with van der Waals surface area (Å²) in [7, 11) is 7.55. The highest BCUT2D eigenvalue weighted by Gasteiger charge is 2.40. The average Bonchev–Trinajstić information content (AvgIpc) is 3.66. The van der Waals surface area contributed by atoms with Crippen molar-refractivity contribution in [1.29, 1.82) is 0 Å². The van der Waals surface area contributed by atoms with Crippen molar-refractivity contribution in [3.05, 3.63) is 107 Å². The van der Waals surface area contributed by atoms with Crippen LogP contribution in [0, 0.1) is 0 Å². The smallest absolute Gasteiger partial charge is 0.302 e. The largest absolute Gasteiger partial charge is 0.493 e. The molecule has 1 aliphatic rings. The van der Waals surface area contributed by atoms with Gasteiger partial charge in [0.2, 0.25) is 0 Å². The first-order valence-corrected chi connectivity index (χ1v) is 20.4. The number of fused-ring (bicyclic) bond motifs is 1. The molecule has 0 fully saturated rings. The molecule has 5 rings (SSSR count). The van der Waals surface area contributed by atoms with Crippen LogP contribution in [0.15, 0.2) is 78.9 Å². The number of hydrogen-bond donors (Lipinski definition) is 0. The summed E-state index contributed by atoms with van der Waals surface area (Å²) in [6, 6.07) is 19.5. The maximum Gasteiger partial charge on any atom is 0.302 e. The van der Waals surface area contributed by atoms with Gasteiger partial charge >= 0.3 is 23.9 Å². The van der Waals surface area contributed by atoms with Crippen molar-refractivity contribution in [3.63, 3.8) is 0 Å². The summed E-state index contributed by atoms with van der Waals surface area (Å²) in [6.45, 7) is 5.21. The molecule has 16 heteroatoms. The number of benzene rings is 4. The molecule has 0 unspecified atom stereocenters. The summed E-state index contributed by atoms with van der Waals surface area (Å²) in [5.74, 6) is 0.807. The van der Waals surface area contributed by atoms with Crippen LogP contribution in [0.1, 0.15) is 73.6 Å². The van der Waals surface area contributed by atoms with Crippen molar-refractivity contribution in [2.75, 3.05) is 62.0 Å². The van der Waals surface area contributed by atoms with Crippen LogP contribution >= 0.6 is 0 Å². The molecule has 0 bridgehead atoms. The molecule has 1 heterocycles. The summed E-state index contributed by atoms with van der Waals surface area (Å²) < 4.78 is 69.9. The Kier molecular flexibility index (Phi) is 17.5. The molecule has 0 spiro atoms. The molecule has 346 valence electrons. The van der Waals surface area contributed by atoms with E-state index in [1.807, 2.05) is 12.1 Å². The third-order valence-electron chi connectivity index (χ3n) is 9.95. The molecule has 16 nitrogen and oxygen atoms in total. The van der Waals surface area contributed by atoms with Gasteiger partial charge in [0.15, 0.2) is 58.2 Å². The van der Waals surface area contributed by atoms with Crippen molar-refractivity contribution < 1.29 is 76.0 Å². The fourth-order valence-corrected chi connectivity index (χ4v) is 6.97. The molecule has 0 saturated heterocycles.